The Hall–Kier alpha value is -2.45. The minimum absolute atomic E-state index is 0.0922. The van der Waals surface area contributed by atoms with Crippen LogP contribution in [0, 0.1) is 0 Å². The van der Waals surface area contributed by atoms with Gasteiger partial charge in [-0.3, -0.25) is 9.78 Å². The molecule has 1 saturated heterocycles. The van der Waals surface area contributed by atoms with Crippen molar-refractivity contribution in [2.75, 3.05) is 20.1 Å². The number of carbonyl (C=O) groups is 1. The molecule has 1 aromatic carbocycles. The summed E-state index contributed by atoms with van der Waals surface area (Å²) >= 11 is 0. The van der Waals surface area contributed by atoms with Gasteiger partial charge in [0.05, 0.1) is 11.6 Å². The van der Waals surface area contributed by atoms with Crippen LogP contribution in [0.3, 0.4) is 0 Å². The number of sulfonamides is 1. The van der Waals surface area contributed by atoms with E-state index >= 15 is 0 Å². The van der Waals surface area contributed by atoms with E-state index < -0.39 is 10.0 Å². The van der Waals surface area contributed by atoms with Crippen LogP contribution in [0.25, 0.3) is 0 Å². The van der Waals surface area contributed by atoms with Crippen molar-refractivity contribution < 1.29 is 17.9 Å². The van der Waals surface area contributed by atoms with E-state index in [1.165, 1.54) is 4.31 Å². The van der Waals surface area contributed by atoms with E-state index in [1.807, 2.05) is 0 Å². The zero-order valence-electron chi connectivity index (χ0n) is 15.0. The van der Waals surface area contributed by atoms with Crippen molar-refractivity contribution in [2.24, 2.45) is 0 Å². The molecule has 4 rings (SSSR count). The summed E-state index contributed by atoms with van der Waals surface area (Å²) in [5, 5.41) is 0. The first-order valence-electron chi connectivity index (χ1n) is 8.91. The van der Waals surface area contributed by atoms with Gasteiger partial charge in [0.15, 0.2) is 0 Å². The maximum atomic E-state index is 13.0. The minimum atomic E-state index is -3.64. The molecule has 2 aromatic rings. The first-order valence-corrected chi connectivity index (χ1v) is 10.4. The van der Waals surface area contributed by atoms with E-state index in [0.717, 1.165) is 0 Å². The molecule has 2 atom stereocenters. The van der Waals surface area contributed by atoms with Crippen LogP contribution < -0.4 is 4.74 Å². The number of hydrogen-bond donors (Lipinski definition) is 0. The number of likely N-dealkylation sites (tertiary alicyclic amines) is 1. The number of fused-ring (bicyclic) bond motifs is 2. The fourth-order valence-electron chi connectivity index (χ4n) is 3.75. The third-order valence-electron chi connectivity index (χ3n) is 5.25. The maximum Gasteiger partial charge on any atom is 0.255 e. The molecule has 0 radical (unpaired) electrons. The Morgan fingerprint density at radius 2 is 1.93 bits per heavy atom. The molecule has 3 heterocycles. The van der Waals surface area contributed by atoms with Gasteiger partial charge in [0.2, 0.25) is 10.0 Å². The lowest BCUT2D eigenvalue weighted by molar-refractivity contribution is 0.0755. The minimum Gasteiger partial charge on any atom is -0.487 e. The average molecular weight is 387 g/mol. The number of aromatic nitrogens is 1. The third kappa shape index (κ3) is 3.19. The molecule has 2 aliphatic heterocycles. The van der Waals surface area contributed by atoms with E-state index in [9.17, 15) is 13.2 Å². The van der Waals surface area contributed by atoms with E-state index in [-0.39, 0.29) is 22.9 Å². The summed E-state index contributed by atoms with van der Waals surface area (Å²) < 4.78 is 33.5. The highest BCUT2D eigenvalue weighted by Crippen LogP contribution is 2.35. The van der Waals surface area contributed by atoms with Crippen molar-refractivity contribution >= 4 is 15.9 Å². The molecule has 0 spiro atoms. The summed E-state index contributed by atoms with van der Waals surface area (Å²) in [6.07, 6.45) is 3.95. The van der Waals surface area contributed by atoms with E-state index in [0.29, 0.717) is 37.2 Å². The molecule has 0 bridgehead atoms. The van der Waals surface area contributed by atoms with Gasteiger partial charge in [0.25, 0.3) is 5.91 Å². The number of pyridine rings is 1. The smallest absolute Gasteiger partial charge is 0.255 e. The molecule has 1 amide bonds. The highest BCUT2D eigenvalue weighted by molar-refractivity contribution is 7.89. The van der Waals surface area contributed by atoms with Gasteiger partial charge in [-0.1, -0.05) is 12.1 Å². The number of rotatable bonds is 1. The number of carbonyl (C=O) groups excluding carboxylic acids is 1. The fraction of sp³-hybridized carbons (Fsp3) is 0.368. The number of ether oxygens (including phenoxy) is 1. The second kappa shape index (κ2) is 6.94. The predicted octanol–water partition coefficient (Wildman–Crippen LogP) is 1.77. The highest BCUT2D eigenvalue weighted by Gasteiger charge is 2.41. The lowest BCUT2D eigenvalue weighted by atomic mass is 10.1. The molecule has 7 nitrogen and oxygen atoms in total. The molecule has 8 heteroatoms. The first-order chi connectivity index (χ1) is 13.0. The summed E-state index contributed by atoms with van der Waals surface area (Å²) in [6.45, 7) is 0.972. The number of amides is 1. The number of likely N-dealkylation sites (N-methyl/N-ethyl adjacent to an activating group) is 1. The Bertz CT molecular complexity index is 948. The molecule has 0 N–H and O–H groups in total. The van der Waals surface area contributed by atoms with Crippen LogP contribution in [0.1, 0.15) is 23.2 Å². The van der Waals surface area contributed by atoms with Gasteiger partial charge in [0.1, 0.15) is 16.7 Å². The van der Waals surface area contributed by atoms with E-state index in [1.54, 1.807) is 60.7 Å². The van der Waals surface area contributed by atoms with E-state index in [2.05, 4.69) is 4.98 Å². The number of para-hydroxylation sites is 1. The zero-order valence-corrected chi connectivity index (χ0v) is 15.8. The molecule has 0 unspecified atom stereocenters. The van der Waals surface area contributed by atoms with Crippen molar-refractivity contribution in [2.45, 2.75) is 29.9 Å². The number of nitrogens with zero attached hydrogens (tertiary/aromatic N) is 3. The maximum absolute atomic E-state index is 13.0. The van der Waals surface area contributed by atoms with Crippen LogP contribution in [-0.2, 0) is 10.0 Å². The third-order valence-corrected chi connectivity index (χ3v) is 7.18. The van der Waals surface area contributed by atoms with Gasteiger partial charge in [0, 0.05) is 39.0 Å². The Morgan fingerprint density at radius 1 is 1.15 bits per heavy atom. The number of hydrogen-bond acceptors (Lipinski definition) is 5. The second-order valence-electron chi connectivity index (χ2n) is 6.80. The van der Waals surface area contributed by atoms with E-state index in [4.69, 9.17) is 4.74 Å². The molecule has 27 heavy (non-hydrogen) atoms. The van der Waals surface area contributed by atoms with Gasteiger partial charge in [-0.15, -0.1) is 0 Å². The largest absolute Gasteiger partial charge is 0.487 e. The van der Waals surface area contributed by atoms with Crippen LogP contribution in [0.2, 0.25) is 0 Å². The zero-order chi connectivity index (χ0) is 19.0. The first kappa shape index (κ1) is 17.9. The summed E-state index contributed by atoms with van der Waals surface area (Å²) in [6, 6.07) is 9.87. The average Bonchev–Trinajstić information content (AvgIpc) is 2.93. The monoisotopic (exact) mass is 387 g/mol. The van der Waals surface area contributed by atoms with Crippen molar-refractivity contribution in [1.29, 1.82) is 0 Å². The van der Waals surface area contributed by atoms with Gasteiger partial charge in [-0.05, 0) is 30.7 Å². The van der Waals surface area contributed by atoms with Crippen molar-refractivity contribution in [3.8, 4) is 5.75 Å². The Balaban J connectivity index is 1.62. The molecule has 2 aliphatic rings. The Kier molecular flexibility index (Phi) is 4.61. The summed E-state index contributed by atoms with van der Waals surface area (Å²) in [5.41, 5.74) is 0.534. The summed E-state index contributed by atoms with van der Waals surface area (Å²) in [5.74, 6) is 0.286. The van der Waals surface area contributed by atoms with Gasteiger partial charge < -0.3 is 9.64 Å². The molecule has 142 valence electrons. The van der Waals surface area contributed by atoms with Crippen LogP contribution >= 0.6 is 0 Å². The summed E-state index contributed by atoms with van der Waals surface area (Å²) in [7, 11) is -2.04. The molecular weight excluding hydrogens is 366 g/mol. The molecule has 0 saturated carbocycles. The second-order valence-corrected chi connectivity index (χ2v) is 8.77. The van der Waals surface area contributed by atoms with Gasteiger partial charge in [-0.25, -0.2) is 8.42 Å². The van der Waals surface area contributed by atoms with Crippen molar-refractivity contribution in [3.05, 3.63) is 54.4 Å². The van der Waals surface area contributed by atoms with Crippen LogP contribution in [0.15, 0.2) is 53.7 Å². The Morgan fingerprint density at radius 3 is 2.70 bits per heavy atom. The molecule has 1 aromatic heterocycles. The van der Waals surface area contributed by atoms with Gasteiger partial charge in [-0.2, -0.15) is 4.31 Å². The molecule has 0 aliphatic carbocycles. The van der Waals surface area contributed by atoms with Crippen molar-refractivity contribution in [1.82, 2.24) is 14.2 Å². The van der Waals surface area contributed by atoms with Gasteiger partial charge >= 0.3 is 0 Å². The lowest BCUT2D eigenvalue weighted by Gasteiger charge is -2.28. The molecule has 1 fully saturated rings. The summed E-state index contributed by atoms with van der Waals surface area (Å²) in [4.78, 5) is 18.7. The number of benzene rings is 1. The van der Waals surface area contributed by atoms with Crippen LogP contribution in [-0.4, -0.2) is 60.8 Å². The quantitative estimate of drug-likeness (QED) is 0.745. The molecular formula is C19H21N3O4S. The topological polar surface area (TPSA) is 79.8 Å². The van der Waals surface area contributed by atoms with Crippen LogP contribution in [0.4, 0.5) is 0 Å². The normalized spacial score (nSPS) is 24.7. The van der Waals surface area contributed by atoms with Crippen LogP contribution in [0.5, 0.6) is 5.75 Å². The lowest BCUT2D eigenvalue weighted by Crippen LogP contribution is -2.44. The highest BCUT2D eigenvalue weighted by atomic mass is 32.2. The Labute approximate surface area is 158 Å². The predicted molar refractivity (Wildman–Crippen MR) is 99.0 cm³/mol. The SMILES string of the molecule is CN1[C@@H]2CCN(C(=O)c3cccnc3)CC[C@H]2Oc2ccccc2S1(=O)=O. The van der Waals surface area contributed by atoms with Crippen molar-refractivity contribution in [3.63, 3.8) is 0 Å². The fourth-order valence-corrected chi connectivity index (χ4v) is 5.28. The standard InChI is InChI=1S/C19H21N3O4S/c1-21-15-8-11-22(19(23)14-5-4-10-20-13-14)12-9-16(15)26-17-6-2-3-7-18(17)27(21,24)25/h2-7,10,13,15-16H,8-9,11-12H2,1H3/t15-,16-/m1/s1.